The average molecular weight is 946 g/mol. The smallest absolute Gasteiger partial charge is 0.0991 e. The van der Waals surface area contributed by atoms with Crippen LogP contribution in [0.4, 0.5) is 17.1 Å². The summed E-state index contributed by atoms with van der Waals surface area (Å²) in [6, 6.07) is 90.8. The molecule has 0 bridgehead atoms. The molecule has 0 saturated heterocycles. The van der Waals surface area contributed by atoms with Crippen LogP contribution in [-0.2, 0) is 11.8 Å². The van der Waals surface area contributed by atoms with Crippen molar-refractivity contribution in [2.45, 2.75) is 31.6 Å². The minimum Gasteiger partial charge on any atom is -0.310 e. The van der Waals surface area contributed by atoms with Crippen LogP contribution in [-0.4, -0.2) is 0 Å². The van der Waals surface area contributed by atoms with Crippen LogP contribution in [0.15, 0.2) is 260 Å². The summed E-state index contributed by atoms with van der Waals surface area (Å²) < 4.78 is 0. The summed E-state index contributed by atoms with van der Waals surface area (Å²) in [6.45, 7) is 2.11. The van der Waals surface area contributed by atoms with Crippen LogP contribution in [0.1, 0.15) is 62.9 Å². The minimum absolute atomic E-state index is 0.525. The van der Waals surface area contributed by atoms with E-state index in [1.54, 1.807) is 0 Å². The maximum absolute atomic E-state index is 9.74. The molecule has 0 unspecified atom stereocenters. The van der Waals surface area contributed by atoms with Gasteiger partial charge in [0, 0.05) is 17.1 Å². The Morgan fingerprint density at radius 3 is 1.46 bits per heavy atom. The Labute approximate surface area is 434 Å². The zero-order valence-corrected chi connectivity index (χ0v) is 41.2. The molecule has 10 aromatic rings. The molecule has 0 heterocycles. The van der Waals surface area contributed by atoms with Crippen molar-refractivity contribution in [3.8, 4) is 56.6 Å². The second-order valence-electron chi connectivity index (χ2n) is 19.4. The molecular formula is C71H51N3. The highest BCUT2D eigenvalue weighted by Crippen LogP contribution is 2.64. The minimum atomic E-state index is -0.525. The third-order valence-electron chi connectivity index (χ3n) is 15.1. The fraction of sp³-hybridized carbons (Fsp3) is 0.0704. The van der Waals surface area contributed by atoms with E-state index in [0.717, 1.165) is 41.9 Å². The molecule has 1 spiro atoms. The number of aryl methyl sites for hydroxylation is 1. The molecule has 0 aromatic heterocycles. The highest BCUT2D eigenvalue weighted by atomic mass is 15.1. The lowest BCUT2D eigenvalue weighted by molar-refractivity contribution is 0.793. The molecule has 0 atom stereocenters. The Hall–Kier alpha value is -9.54. The fourth-order valence-electron chi connectivity index (χ4n) is 11.5. The van der Waals surface area contributed by atoms with E-state index in [1.807, 2.05) is 36.4 Å². The number of nitrogens with zero attached hydrogens (tertiary/aromatic N) is 3. The zero-order valence-electron chi connectivity index (χ0n) is 41.2. The third-order valence-corrected chi connectivity index (χ3v) is 15.1. The largest absolute Gasteiger partial charge is 0.310 e. The van der Waals surface area contributed by atoms with Gasteiger partial charge in [-0.15, -0.1) is 0 Å². The van der Waals surface area contributed by atoms with E-state index in [-0.39, 0.29) is 0 Å². The van der Waals surface area contributed by atoms with Gasteiger partial charge in [-0.3, -0.25) is 0 Å². The standard InChI is InChI=1S/C58H39N3.C13H12/c59-37-41-19-17-39(18-20-41)35-40-21-25-45(26-22-40)49-13-8-16-55-57(49)52-34-33-48(36-56(52)58(55)53-14-6-4-11-50(53)51-12-5-7-15-54(51)58)61(46-29-23-42(38-60)24-30-46)47-31-27-44(28-32-47)43-9-2-1-3-10-43;1-11-7-9-13(10-8-11)12-5-3-2-4-6-12/h1-21,23-25,27-34,36H,22,26,35H2;2-10H,1H3. The number of benzene rings is 10. The molecule has 0 fully saturated rings. The van der Waals surface area contributed by atoms with Crippen LogP contribution < -0.4 is 4.90 Å². The first-order chi connectivity index (χ1) is 36.5. The number of anilines is 3. The summed E-state index contributed by atoms with van der Waals surface area (Å²) in [6.07, 6.45) is 7.50. The van der Waals surface area contributed by atoms with Gasteiger partial charge in [0.1, 0.15) is 0 Å². The molecule has 0 radical (unpaired) electrons. The van der Waals surface area contributed by atoms with Crippen LogP contribution >= 0.6 is 0 Å². The van der Waals surface area contributed by atoms with Crippen molar-refractivity contribution in [3.05, 3.63) is 310 Å². The normalized spacial score (nSPS) is 13.1. The van der Waals surface area contributed by atoms with Gasteiger partial charge in [0.15, 0.2) is 0 Å². The van der Waals surface area contributed by atoms with Gasteiger partial charge in [0.25, 0.3) is 0 Å². The van der Waals surface area contributed by atoms with E-state index in [4.69, 9.17) is 0 Å². The molecule has 3 nitrogen and oxygen atoms in total. The number of allylic oxidation sites excluding steroid dienone is 4. The Morgan fingerprint density at radius 2 is 0.892 bits per heavy atom. The van der Waals surface area contributed by atoms with Crippen molar-refractivity contribution >= 4 is 22.6 Å². The van der Waals surface area contributed by atoms with E-state index in [1.165, 1.54) is 89.0 Å². The molecule has 10 aromatic carbocycles. The van der Waals surface area contributed by atoms with Gasteiger partial charge >= 0.3 is 0 Å². The van der Waals surface area contributed by atoms with E-state index >= 15 is 0 Å². The van der Waals surface area contributed by atoms with E-state index < -0.39 is 5.41 Å². The highest BCUT2D eigenvalue weighted by Gasteiger charge is 2.52. The van der Waals surface area contributed by atoms with E-state index in [0.29, 0.717) is 11.1 Å². The molecule has 3 aliphatic carbocycles. The van der Waals surface area contributed by atoms with Crippen molar-refractivity contribution in [1.82, 2.24) is 0 Å². The Kier molecular flexibility index (Phi) is 12.1. The van der Waals surface area contributed by atoms with Crippen molar-refractivity contribution in [2.75, 3.05) is 4.90 Å². The summed E-state index contributed by atoms with van der Waals surface area (Å²) in [5.74, 6) is 0. The van der Waals surface area contributed by atoms with E-state index in [9.17, 15) is 10.5 Å². The van der Waals surface area contributed by atoms with Crippen LogP contribution in [0.3, 0.4) is 0 Å². The van der Waals surface area contributed by atoms with Crippen molar-refractivity contribution < 1.29 is 0 Å². The fourth-order valence-corrected chi connectivity index (χ4v) is 11.5. The zero-order chi connectivity index (χ0) is 50.0. The summed E-state index contributed by atoms with van der Waals surface area (Å²) in [7, 11) is 0. The van der Waals surface area contributed by atoms with Gasteiger partial charge in [-0.1, -0.05) is 205 Å². The molecular weight excluding hydrogens is 895 g/mol. The second-order valence-corrected chi connectivity index (χ2v) is 19.4. The maximum atomic E-state index is 9.74. The molecule has 0 N–H and O–H groups in total. The first-order valence-electron chi connectivity index (χ1n) is 25.4. The van der Waals surface area contributed by atoms with Gasteiger partial charge in [-0.2, -0.15) is 10.5 Å². The van der Waals surface area contributed by atoms with Gasteiger partial charge < -0.3 is 4.90 Å². The summed E-state index contributed by atoms with van der Waals surface area (Å²) in [5, 5.41) is 19.0. The third kappa shape index (κ3) is 8.22. The molecule has 3 aliphatic rings. The van der Waals surface area contributed by atoms with E-state index in [2.05, 4.69) is 242 Å². The maximum Gasteiger partial charge on any atom is 0.0991 e. The summed E-state index contributed by atoms with van der Waals surface area (Å²) in [5.41, 5.74) is 25.7. The Morgan fingerprint density at radius 1 is 0.405 bits per heavy atom. The van der Waals surface area contributed by atoms with Crippen LogP contribution in [0.2, 0.25) is 0 Å². The van der Waals surface area contributed by atoms with Gasteiger partial charge in [-0.25, -0.2) is 0 Å². The first-order valence-corrected chi connectivity index (χ1v) is 25.4. The Bertz CT molecular complexity index is 3810. The number of hydrogen-bond donors (Lipinski definition) is 0. The van der Waals surface area contributed by atoms with Gasteiger partial charge in [0.2, 0.25) is 0 Å². The number of fused-ring (bicyclic) bond motifs is 10. The molecule has 0 aliphatic heterocycles. The first kappa shape index (κ1) is 45.6. The lowest BCUT2D eigenvalue weighted by Gasteiger charge is -2.32. The average Bonchev–Trinajstić information content (AvgIpc) is 3.95. The molecule has 0 saturated carbocycles. The lowest BCUT2D eigenvalue weighted by atomic mass is 9.70. The Balaban J connectivity index is 0.000000372. The molecule has 74 heavy (non-hydrogen) atoms. The summed E-state index contributed by atoms with van der Waals surface area (Å²) in [4.78, 5) is 2.32. The van der Waals surface area contributed by atoms with Crippen LogP contribution in [0, 0.1) is 29.6 Å². The quantitative estimate of drug-likeness (QED) is 0.152. The van der Waals surface area contributed by atoms with Gasteiger partial charge in [0.05, 0.1) is 28.7 Å². The number of hydrogen-bond acceptors (Lipinski definition) is 3. The molecule has 0 amide bonds. The van der Waals surface area contributed by atoms with Crippen LogP contribution in [0.5, 0.6) is 0 Å². The predicted octanol–water partition coefficient (Wildman–Crippen LogP) is 17.9. The van der Waals surface area contributed by atoms with Crippen molar-refractivity contribution in [2.24, 2.45) is 0 Å². The summed E-state index contributed by atoms with van der Waals surface area (Å²) >= 11 is 0. The second kappa shape index (κ2) is 19.6. The van der Waals surface area contributed by atoms with Crippen LogP contribution in [0.25, 0.3) is 50.1 Å². The lowest BCUT2D eigenvalue weighted by Crippen LogP contribution is -2.26. The highest BCUT2D eigenvalue weighted by molar-refractivity contribution is 6.00. The SMILES string of the molecule is Cc1ccc(-c2ccccc2)cc1.N#Cc1ccc(CC2=CC=C(c3cccc4c3-c3ccc(N(c5ccc(C#N)cc5)c5ccc(-c6ccccc6)cc5)cc3C43c4ccccc4-c4ccccc43)CC2)cc1. The topological polar surface area (TPSA) is 50.8 Å². The van der Waals surface area contributed by atoms with Gasteiger partial charge in [-0.05, 0) is 170 Å². The molecule has 13 rings (SSSR count). The van der Waals surface area contributed by atoms with Crippen molar-refractivity contribution in [1.29, 1.82) is 10.5 Å². The number of rotatable bonds is 8. The van der Waals surface area contributed by atoms with Crippen molar-refractivity contribution in [3.63, 3.8) is 0 Å². The monoisotopic (exact) mass is 945 g/mol. The predicted molar refractivity (Wildman–Crippen MR) is 304 cm³/mol. The molecule has 350 valence electrons. The molecule has 3 heteroatoms. The number of nitriles is 2.